The minimum absolute atomic E-state index is 0.0766. The van der Waals surface area contributed by atoms with Crippen molar-refractivity contribution in [3.8, 4) is 0 Å². The summed E-state index contributed by atoms with van der Waals surface area (Å²) in [6.07, 6.45) is 9.02. The Morgan fingerprint density at radius 1 is 0.682 bits per heavy atom. The van der Waals surface area contributed by atoms with E-state index in [2.05, 4.69) is 6.92 Å². The van der Waals surface area contributed by atoms with Crippen LogP contribution in [0.4, 0.5) is 0 Å². The molecular weight excluding hydrogens is 284 g/mol. The van der Waals surface area contributed by atoms with E-state index < -0.39 is 0 Å². The van der Waals surface area contributed by atoms with E-state index in [9.17, 15) is 9.59 Å². The second-order valence-electron chi connectivity index (χ2n) is 5.41. The Balaban J connectivity index is 3.23. The molecule has 0 aromatic carbocycles. The quantitative estimate of drug-likeness (QED) is 0.341. The van der Waals surface area contributed by atoms with Crippen molar-refractivity contribution in [2.75, 3.05) is 26.9 Å². The molecule has 0 atom stereocenters. The highest BCUT2D eigenvalue weighted by atomic mass is 16.6. The second-order valence-corrected chi connectivity index (χ2v) is 5.41. The molecule has 22 heavy (non-hydrogen) atoms. The third-order valence-corrected chi connectivity index (χ3v) is 3.32. The summed E-state index contributed by atoms with van der Waals surface area (Å²) in [6, 6.07) is 0. The zero-order chi connectivity index (χ0) is 16.5. The molecule has 0 N–H and O–H groups in total. The van der Waals surface area contributed by atoms with E-state index in [0.717, 1.165) is 51.4 Å². The monoisotopic (exact) mass is 316 g/mol. The summed E-state index contributed by atoms with van der Waals surface area (Å²) in [6.45, 7) is 3.42. The lowest BCUT2D eigenvalue weighted by atomic mass is 10.1. The highest BCUT2D eigenvalue weighted by molar-refractivity contribution is 5.69. The van der Waals surface area contributed by atoms with Crippen LogP contribution in [0.25, 0.3) is 0 Å². The van der Waals surface area contributed by atoms with Gasteiger partial charge in [-0.1, -0.05) is 39.0 Å². The minimum atomic E-state index is -0.146. The Morgan fingerprint density at radius 3 is 1.68 bits per heavy atom. The third kappa shape index (κ3) is 15.3. The van der Waals surface area contributed by atoms with Gasteiger partial charge < -0.3 is 14.2 Å². The number of unbranched alkanes of at least 4 members (excludes halogenated alkanes) is 6. The zero-order valence-electron chi connectivity index (χ0n) is 14.2. The number of ether oxygens (including phenoxy) is 3. The Morgan fingerprint density at radius 2 is 1.18 bits per heavy atom. The van der Waals surface area contributed by atoms with Crippen LogP contribution in [-0.2, 0) is 23.8 Å². The van der Waals surface area contributed by atoms with Gasteiger partial charge in [-0.2, -0.15) is 0 Å². The van der Waals surface area contributed by atoms with Crippen molar-refractivity contribution in [1.82, 2.24) is 0 Å². The fraction of sp³-hybridized carbons (Fsp3) is 0.882. The number of carbonyl (C=O) groups is 2. The van der Waals surface area contributed by atoms with Crippen LogP contribution in [0, 0.1) is 0 Å². The van der Waals surface area contributed by atoms with Crippen molar-refractivity contribution in [2.45, 2.75) is 71.1 Å². The summed E-state index contributed by atoms with van der Waals surface area (Å²) < 4.78 is 14.9. The summed E-state index contributed by atoms with van der Waals surface area (Å²) in [7, 11) is 1.58. The molecule has 0 aromatic heterocycles. The van der Waals surface area contributed by atoms with Gasteiger partial charge in [-0.05, 0) is 19.3 Å². The maximum Gasteiger partial charge on any atom is 0.305 e. The second kappa shape index (κ2) is 16.3. The molecule has 0 saturated heterocycles. The average molecular weight is 316 g/mol. The average Bonchev–Trinajstić information content (AvgIpc) is 2.50. The lowest BCUT2D eigenvalue weighted by Crippen LogP contribution is -2.09. The van der Waals surface area contributed by atoms with Crippen LogP contribution in [0.5, 0.6) is 0 Å². The van der Waals surface area contributed by atoms with Crippen LogP contribution in [-0.4, -0.2) is 38.9 Å². The molecule has 0 fully saturated rings. The van der Waals surface area contributed by atoms with Crippen molar-refractivity contribution < 1.29 is 23.8 Å². The lowest BCUT2D eigenvalue weighted by molar-refractivity contribution is -0.145. The predicted molar refractivity (Wildman–Crippen MR) is 85.6 cm³/mol. The first-order valence-electron chi connectivity index (χ1n) is 8.50. The first-order valence-corrected chi connectivity index (χ1v) is 8.50. The molecule has 0 aliphatic carbocycles. The normalized spacial score (nSPS) is 10.5. The number of rotatable bonds is 15. The first-order chi connectivity index (χ1) is 10.7. The highest BCUT2D eigenvalue weighted by Crippen LogP contribution is 2.09. The molecule has 0 bridgehead atoms. The Labute approximate surface area is 134 Å². The van der Waals surface area contributed by atoms with Crippen molar-refractivity contribution in [2.24, 2.45) is 0 Å². The van der Waals surface area contributed by atoms with E-state index in [1.807, 2.05) is 0 Å². The molecule has 5 nitrogen and oxygen atoms in total. The highest BCUT2D eigenvalue weighted by Gasteiger charge is 2.03. The lowest BCUT2D eigenvalue weighted by Gasteiger charge is -2.05. The number of carbonyl (C=O) groups excluding carboxylic acids is 2. The van der Waals surface area contributed by atoms with Crippen molar-refractivity contribution in [3.05, 3.63) is 0 Å². The maximum atomic E-state index is 11.4. The summed E-state index contributed by atoms with van der Waals surface area (Å²) >= 11 is 0. The Bertz CT molecular complexity index is 250. The van der Waals surface area contributed by atoms with Crippen molar-refractivity contribution in [3.63, 3.8) is 0 Å². The zero-order valence-corrected chi connectivity index (χ0v) is 14.2. The van der Waals surface area contributed by atoms with Gasteiger partial charge >= 0.3 is 11.9 Å². The van der Waals surface area contributed by atoms with Crippen molar-refractivity contribution >= 4 is 11.9 Å². The van der Waals surface area contributed by atoms with Gasteiger partial charge in [0.25, 0.3) is 0 Å². The van der Waals surface area contributed by atoms with Gasteiger partial charge in [-0.15, -0.1) is 0 Å². The number of esters is 2. The molecule has 0 aliphatic rings. The summed E-state index contributed by atoms with van der Waals surface area (Å²) in [5, 5.41) is 0. The van der Waals surface area contributed by atoms with Gasteiger partial charge in [-0.25, -0.2) is 0 Å². The standard InChI is InChI=1S/C17H32O5/c1-3-4-13-21-16(18)11-9-7-5-6-8-10-12-17(19)22-15-14-20-2/h3-15H2,1-2H3. The van der Waals surface area contributed by atoms with E-state index in [4.69, 9.17) is 14.2 Å². The third-order valence-electron chi connectivity index (χ3n) is 3.32. The van der Waals surface area contributed by atoms with Crippen LogP contribution in [0.1, 0.15) is 71.1 Å². The smallest absolute Gasteiger partial charge is 0.305 e. The summed E-state index contributed by atoms with van der Waals surface area (Å²) in [5.41, 5.74) is 0. The molecule has 0 radical (unpaired) electrons. The Kier molecular flexibility index (Phi) is 15.5. The first kappa shape index (κ1) is 20.9. The number of hydrogen-bond donors (Lipinski definition) is 0. The van der Waals surface area contributed by atoms with Crippen LogP contribution < -0.4 is 0 Å². The van der Waals surface area contributed by atoms with Gasteiger partial charge in [-0.3, -0.25) is 9.59 Å². The number of methoxy groups -OCH3 is 1. The number of hydrogen-bond acceptors (Lipinski definition) is 5. The molecule has 0 saturated carbocycles. The minimum Gasteiger partial charge on any atom is -0.466 e. The molecule has 0 amide bonds. The fourth-order valence-electron chi connectivity index (χ4n) is 1.96. The molecule has 0 rings (SSSR count). The predicted octanol–water partition coefficient (Wildman–Crippen LogP) is 3.64. The van der Waals surface area contributed by atoms with Gasteiger partial charge in [0.2, 0.25) is 0 Å². The van der Waals surface area contributed by atoms with E-state index in [1.165, 1.54) is 0 Å². The van der Waals surface area contributed by atoms with Crippen molar-refractivity contribution in [1.29, 1.82) is 0 Å². The Hall–Kier alpha value is -1.10. The molecule has 5 heteroatoms. The van der Waals surface area contributed by atoms with E-state index in [0.29, 0.717) is 32.7 Å². The summed E-state index contributed by atoms with van der Waals surface area (Å²) in [5.74, 6) is -0.223. The van der Waals surface area contributed by atoms with Gasteiger partial charge in [0.15, 0.2) is 0 Å². The molecule has 0 heterocycles. The van der Waals surface area contributed by atoms with E-state index >= 15 is 0 Å². The topological polar surface area (TPSA) is 61.8 Å². The molecular formula is C17H32O5. The van der Waals surface area contributed by atoms with Gasteiger partial charge in [0.1, 0.15) is 6.61 Å². The molecule has 0 aromatic rings. The SMILES string of the molecule is CCCCOC(=O)CCCCCCCCC(=O)OCCOC. The maximum absolute atomic E-state index is 11.4. The molecule has 0 spiro atoms. The van der Waals surface area contributed by atoms with Crippen LogP contribution in [0.15, 0.2) is 0 Å². The van der Waals surface area contributed by atoms with Gasteiger partial charge in [0.05, 0.1) is 13.2 Å². The molecule has 0 aliphatic heterocycles. The molecule has 0 unspecified atom stereocenters. The van der Waals surface area contributed by atoms with E-state index in [1.54, 1.807) is 7.11 Å². The fourth-order valence-corrected chi connectivity index (χ4v) is 1.96. The summed E-state index contributed by atoms with van der Waals surface area (Å²) in [4.78, 5) is 22.7. The largest absolute Gasteiger partial charge is 0.466 e. The van der Waals surface area contributed by atoms with Crippen LogP contribution >= 0.6 is 0 Å². The molecule has 130 valence electrons. The van der Waals surface area contributed by atoms with E-state index in [-0.39, 0.29) is 11.9 Å². The van der Waals surface area contributed by atoms with Crippen LogP contribution in [0.2, 0.25) is 0 Å². The van der Waals surface area contributed by atoms with Gasteiger partial charge in [0, 0.05) is 20.0 Å². The van der Waals surface area contributed by atoms with Crippen LogP contribution in [0.3, 0.4) is 0 Å².